The Bertz CT molecular complexity index is 309. The largest absolute Gasteiger partial charge is 0.222 e. The van der Waals surface area contributed by atoms with Gasteiger partial charge in [0.1, 0.15) is 11.4 Å². The van der Waals surface area contributed by atoms with Crippen molar-refractivity contribution in [1.29, 1.82) is 0 Å². The van der Waals surface area contributed by atoms with Crippen LogP contribution in [-0.4, -0.2) is 30.4 Å². The van der Waals surface area contributed by atoms with Crippen LogP contribution in [0.2, 0.25) is 0 Å². The Kier molecular flexibility index (Phi) is 1.65. The van der Waals surface area contributed by atoms with Crippen LogP contribution in [0.15, 0.2) is 12.4 Å². The molecule has 56 valence electrons. The second kappa shape index (κ2) is 2.95. The molecule has 6 heteroatoms. The van der Waals surface area contributed by atoms with Gasteiger partial charge in [-0.3, -0.25) is 0 Å². The van der Waals surface area contributed by atoms with E-state index in [0.29, 0.717) is 11.4 Å². The van der Waals surface area contributed by atoms with Crippen molar-refractivity contribution in [2.45, 2.75) is 0 Å². The Morgan fingerprint density at radius 2 is 1.33 bits per heavy atom. The molecule has 0 aliphatic carbocycles. The summed E-state index contributed by atoms with van der Waals surface area (Å²) in [5.74, 6) is 0. The van der Waals surface area contributed by atoms with Crippen LogP contribution < -0.4 is 0 Å². The van der Waals surface area contributed by atoms with Crippen molar-refractivity contribution in [3.05, 3.63) is 25.0 Å². The third-order valence-corrected chi connectivity index (χ3v) is 1.17. The fourth-order valence-electron chi connectivity index (χ4n) is 0.676. The number of hydrogen-bond donors (Lipinski definition) is 0. The zero-order valence-corrected chi connectivity index (χ0v) is 5.84. The number of rotatable bonds is 1. The third kappa shape index (κ3) is 1.22. The summed E-state index contributed by atoms with van der Waals surface area (Å²) < 4.78 is 0. The van der Waals surface area contributed by atoms with Gasteiger partial charge in [-0.15, -0.1) is 10.2 Å². The van der Waals surface area contributed by atoms with E-state index in [-0.39, 0.29) is 0 Å². The average molecular weight is 158 g/mol. The Balaban J connectivity index is 2.46. The molecular weight excluding hydrogens is 156 g/mol. The van der Waals surface area contributed by atoms with E-state index in [1.807, 2.05) is 0 Å². The summed E-state index contributed by atoms with van der Waals surface area (Å²) in [6, 6.07) is 0. The van der Waals surface area contributed by atoms with Gasteiger partial charge in [-0.2, -0.15) is 10.2 Å². The molecule has 0 N–H and O–H groups in total. The van der Waals surface area contributed by atoms with Crippen LogP contribution in [0, 0.1) is 12.7 Å². The molecule has 2 heterocycles. The first-order valence-electron chi connectivity index (χ1n) is 3.09. The summed E-state index contributed by atoms with van der Waals surface area (Å²) in [4.78, 5) is 7.60. The molecule has 2 aromatic rings. The first kappa shape index (κ1) is 6.71. The number of hydrogen-bond acceptors (Lipinski definition) is 6. The molecule has 0 aliphatic rings. The first-order chi connectivity index (χ1) is 5.97. The molecule has 0 atom stereocenters. The zero-order valence-electron chi connectivity index (χ0n) is 5.84. The van der Waals surface area contributed by atoms with Crippen LogP contribution in [0.4, 0.5) is 0 Å². The molecule has 0 fully saturated rings. The number of nitrogens with zero attached hydrogens (tertiary/aromatic N) is 6. The maximum atomic E-state index is 3.80. The highest BCUT2D eigenvalue weighted by molar-refractivity contribution is 5.49. The Morgan fingerprint density at radius 1 is 0.833 bits per heavy atom. The molecule has 2 aromatic heterocycles. The fraction of sp³-hybridized carbons (Fsp3) is 0. The maximum Gasteiger partial charge on any atom is 0.222 e. The van der Waals surface area contributed by atoms with E-state index in [2.05, 4.69) is 43.0 Å². The van der Waals surface area contributed by atoms with E-state index in [9.17, 15) is 0 Å². The van der Waals surface area contributed by atoms with Gasteiger partial charge in [0, 0.05) is 0 Å². The average Bonchev–Trinajstić information content (AvgIpc) is 2.21. The minimum absolute atomic E-state index is 0.552. The molecule has 0 aromatic carbocycles. The van der Waals surface area contributed by atoms with E-state index in [0.717, 1.165) is 0 Å². The van der Waals surface area contributed by atoms with E-state index >= 15 is 0 Å². The van der Waals surface area contributed by atoms with Gasteiger partial charge < -0.3 is 0 Å². The summed E-state index contributed by atoms with van der Waals surface area (Å²) in [5.41, 5.74) is 1.10. The molecule has 0 aliphatic heterocycles. The predicted molar refractivity (Wildman–Crippen MR) is 36.3 cm³/mol. The first-order valence-corrected chi connectivity index (χ1v) is 3.09. The van der Waals surface area contributed by atoms with Crippen molar-refractivity contribution in [2.24, 2.45) is 0 Å². The molecule has 0 saturated heterocycles. The lowest BCUT2D eigenvalue weighted by atomic mass is 10.3. The van der Waals surface area contributed by atoms with Gasteiger partial charge in [-0.1, -0.05) is 0 Å². The molecular formula is C6H2N6. The van der Waals surface area contributed by atoms with Gasteiger partial charge in [-0.05, 0) is 0 Å². The lowest BCUT2D eigenvalue weighted by molar-refractivity contribution is 0.931. The molecule has 0 unspecified atom stereocenters. The SMILES string of the molecule is [c]1nncc(-c2cnn[c]n2)n1. The summed E-state index contributed by atoms with van der Waals surface area (Å²) in [5, 5.41) is 14.0. The van der Waals surface area contributed by atoms with E-state index in [4.69, 9.17) is 0 Å². The lowest BCUT2D eigenvalue weighted by Gasteiger charge is -1.92. The Morgan fingerprint density at radius 3 is 1.67 bits per heavy atom. The zero-order chi connectivity index (χ0) is 8.23. The van der Waals surface area contributed by atoms with Crippen molar-refractivity contribution in [2.75, 3.05) is 0 Å². The molecule has 6 nitrogen and oxygen atoms in total. The van der Waals surface area contributed by atoms with Gasteiger partial charge in [-0.25, -0.2) is 9.97 Å². The fourth-order valence-corrected chi connectivity index (χ4v) is 0.676. The van der Waals surface area contributed by atoms with Crippen LogP contribution >= 0.6 is 0 Å². The van der Waals surface area contributed by atoms with E-state index in [1.165, 1.54) is 12.4 Å². The van der Waals surface area contributed by atoms with Crippen LogP contribution in [0.1, 0.15) is 0 Å². The van der Waals surface area contributed by atoms with Crippen molar-refractivity contribution in [1.82, 2.24) is 30.4 Å². The van der Waals surface area contributed by atoms with Crippen LogP contribution in [0.25, 0.3) is 11.4 Å². The molecule has 0 spiro atoms. The number of aromatic nitrogens is 6. The van der Waals surface area contributed by atoms with Crippen LogP contribution in [0.3, 0.4) is 0 Å². The smallest absolute Gasteiger partial charge is 0.220 e. The second-order valence-electron chi connectivity index (χ2n) is 1.88. The highest BCUT2D eigenvalue weighted by Crippen LogP contribution is 2.06. The quantitative estimate of drug-likeness (QED) is 0.547. The van der Waals surface area contributed by atoms with Crippen molar-refractivity contribution >= 4 is 0 Å². The summed E-state index contributed by atoms with van der Waals surface area (Å²) in [6.07, 6.45) is 7.63. The monoisotopic (exact) mass is 158 g/mol. The second-order valence-corrected chi connectivity index (χ2v) is 1.88. The van der Waals surface area contributed by atoms with Gasteiger partial charge in [0.2, 0.25) is 12.7 Å². The molecule has 2 rings (SSSR count). The summed E-state index contributed by atoms with van der Waals surface area (Å²) >= 11 is 0. The minimum atomic E-state index is 0.552. The highest BCUT2D eigenvalue weighted by atomic mass is 15.1. The topological polar surface area (TPSA) is 77.3 Å². The molecule has 0 amide bonds. The standard InChI is InChI=1S/C6H2N6/c1-5(7-3-11-9-1)6-2-10-12-4-8-6/h1-2H. The summed E-state index contributed by atoms with van der Waals surface area (Å²) in [7, 11) is 0. The third-order valence-electron chi connectivity index (χ3n) is 1.17. The van der Waals surface area contributed by atoms with Gasteiger partial charge in [0.25, 0.3) is 0 Å². The highest BCUT2D eigenvalue weighted by Gasteiger charge is 1.99. The van der Waals surface area contributed by atoms with Crippen LogP contribution in [-0.2, 0) is 0 Å². The Hall–Kier alpha value is -1.98. The van der Waals surface area contributed by atoms with Crippen molar-refractivity contribution in [3.8, 4) is 11.4 Å². The van der Waals surface area contributed by atoms with Crippen LogP contribution in [0.5, 0.6) is 0 Å². The van der Waals surface area contributed by atoms with E-state index in [1.54, 1.807) is 0 Å². The van der Waals surface area contributed by atoms with Crippen molar-refractivity contribution in [3.63, 3.8) is 0 Å². The van der Waals surface area contributed by atoms with Gasteiger partial charge in [0.05, 0.1) is 12.4 Å². The molecule has 0 bridgehead atoms. The van der Waals surface area contributed by atoms with Crippen molar-refractivity contribution < 1.29 is 0 Å². The van der Waals surface area contributed by atoms with E-state index < -0.39 is 0 Å². The predicted octanol–water partition coefficient (Wildman–Crippen LogP) is -0.676. The normalized spacial score (nSPS) is 9.67. The molecule has 12 heavy (non-hydrogen) atoms. The minimum Gasteiger partial charge on any atom is -0.220 e. The maximum absolute atomic E-state index is 3.80. The molecule has 0 saturated carbocycles. The lowest BCUT2D eigenvalue weighted by Crippen LogP contribution is -1.92. The van der Waals surface area contributed by atoms with Gasteiger partial charge >= 0.3 is 0 Å². The molecule has 2 radical (unpaired) electrons. The van der Waals surface area contributed by atoms with Gasteiger partial charge in [0.15, 0.2) is 0 Å². The Labute approximate surface area is 67.7 Å². The summed E-state index contributed by atoms with van der Waals surface area (Å²) in [6.45, 7) is 0.